The minimum atomic E-state index is -0.568. The molecule has 0 aromatic carbocycles. The molecule has 9 heteroatoms. The van der Waals surface area contributed by atoms with E-state index in [9.17, 15) is 9.59 Å². The fourth-order valence-corrected chi connectivity index (χ4v) is 3.55. The molecule has 2 aromatic rings. The van der Waals surface area contributed by atoms with Crippen LogP contribution in [0, 0.1) is 5.92 Å². The molecule has 2 heterocycles. The highest BCUT2D eigenvalue weighted by molar-refractivity contribution is 7.13. The predicted molar refractivity (Wildman–Crippen MR) is 91.7 cm³/mol. The standard InChI is InChI=1S/C16H21N5O3S/c1-11-5-2-3-6-12(11)17-14(22)10-24-15(23)9-21-19-16(18-20-21)13-7-4-8-25-13/h4,7-8,11-12H,2-3,5-6,9-10H2,1H3,(H,17,22)/t11-,12+/m1/s1. The summed E-state index contributed by atoms with van der Waals surface area (Å²) in [6.45, 7) is 1.68. The Bertz CT molecular complexity index is 715. The molecular weight excluding hydrogens is 342 g/mol. The van der Waals surface area contributed by atoms with E-state index in [4.69, 9.17) is 4.74 Å². The van der Waals surface area contributed by atoms with Crippen LogP contribution in [0.25, 0.3) is 10.7 Å². The minimum Gasteiger partial charge on any atom is -0.454 e. The van der Waals surface area contributed by atoms with Crippen molar-refractivity contribution in [1.82, 2.24) is 25.5 Å². The summed E-state index contributed by atoms with van der Waals surface area (Å²) in [5.41, 5.74) is 0. The van der Waals surface area contributed by atoms with Gasteiger partial charge < -0.3 is 10.1 Å². The molecule has 1 N–H and O–H groups in total. The Morgan fingerprint density at radius 3 is 3.00 bits per heavy atom. The lowest BCUT2D eigenvalue weighted by atomic mass is 9.86. The van der Waals surface area contributed by atoms with Crippen LogP contribution in [0.15, 0.2) is 17.5 Å². The van der Waals surface area contributed by atoms with Crippen molar-refractivity contribution in [2.45, 2.75) is 45.2 Å². The summed E-state index contributed by atoms with van der Waals surface area (Å²) in [5.74, 6) is 0.0927. The smallest absolute Gasteiger partial charge is 0.330 e. The van der Waals surface area contributed by atoms with Gasteiger partial charge in [0.1, 0.15) is 0 Å². The van der Waals surface area contributed by atoms with Crippen LogP contribution < -0.4 is 5.32 Å². The second-order valence-electron chi connectivity index (χ2n) is 6.22. The summed E-state index contributed by atoms with van der Waals surface area (Å²) in [5, 5.41) is 16.7. The maximum Gasteiger partial charge on any atom is 0.330 e. The number of amides is 1. The topological polar surface area (TPSA) is 99.0 Å². The van der Waals surface area contributed by atoms with Crippen molar-refractivity contribution >= 4 is 23.2 Å². The van der Waals surface area contributed by atoms with Crippen molar-refractivity contribution in [3.8, 4) is 10.7 Å². The van der Waals surface area contributed by atoms with Gasteiger partial charge in [-0.25, -0.2) is 4.79 Å². The predicted octanol–water partition coefficient (Wildman–Crippen LogP) is 1.64. The Balaban J connectivity index is 1.42. The van der Waals surface area contributed by atoms with Crippen LogP contribution in [-0.2, 0) is 20.9 Å². The normalized spacial score (nSPS) is 20.2. The first-order valence-corrected chi connectivity index (χ1v) is 9.26. The highest BCUT2D eigenvalue weighted by atomic mass is 32.1. The number of aromatic nitrogens is 4. The van der Waals surface area contributed by atoms with Gasteiger partial charge >= 0.3 is 5.97 Å². The van der Waals surface area contributed by atoms with Gasteiger partial charge in [-0.1, -0.05) is 25.8 Å². The lowest BCUT2D eigenvalue weighted by molar-refractivity contribution is -0.149. The van der Waals surface area contributed by atoms with Crippen LogP contribution in [0.5, 0.6) is 0 Å². The third kappa shape index (κ3) is 4.85. The van der Waals surface area contributed by atoms with Crippen molar-refractivity contribution < 1.29 is 14.3 Å². The van der Waals surface area contributed by atoms with E-state index in [1.807, 2.05) is 17.5 Å². The van der Waals surface area contributed by atoms with Gasteiger partial charge in [-0.15, -0.1) is 21.5 Å². The van der Waals surface area contributed by atoms with Crippen LogP contribution in [0.2, 0.25) is 0 Å². The molecule has 0 aliphatic heterocycles. The van der Waals surface area contributed by atoms with Gasteiger partial charge in [0.15, 0.2) is 13.2 Å². The molecule has 1 aliphatic rings. The van der Waals surface area contributed by atoms with E-state index < -0.39 is 5.97 Å². The maximum atomic E-state index is 11.9. The fraction of sp³-hybridized carbons (Fsp3) is 0.562. The number of tetrazole rings is 1. The van der Waals surface area contributed by atoms with Crippen molar-refractivity contribution in [3.05, 3.63) is 17.5 Å². The van der Waals surface area contributed by atoms with Gasteiger partial charge in [-0.3, -0.25) is 4.79 Å². The molecule has 3 rings (SSSR count). The minimum absolute atomic E-state index is 0.172. The zero-order valence-corrected chi connectivity index (χ0v) is 14.9. The van der Waals surface area contributed by atoms with E-state index >= 15 is 0 Å². The molecule has 8 nitrogen and oxygen atoms in total. The molecule has 1 fully saturated rings. The summed E-state index contributed by atoms with van der Waals surface area (Å²) < 4.78 is 5.01. The number of ether oxygens (including phenoxy) is 1. The Morgan fingerprint density at radius 1 is 1.40 bits per heavy atom. The molecule has 0 unspecified atom stereocenters. The molecule has 1 amide bonds. The lowest BCUT2D eigenvalue weighted by Gasteiger charge is -2.29. The molecule has 1 aliphatic carbocycles. The third-order valence-corrected chi connectivity index (χ3v) is 5.15. The van der Waals surface area contributed by atoms with Crippen LogP contribution >= 0.6 is 11.3 Å². The Hall–Kier alpha value is -2.29. The van der Waals surface area contributed by atoms with E-state index in [2.05, 4.69) is 27.7 Å². The first kappa shape index (κ1) is 17.5. The fourth-order valence-electron chi connectivity index (χ4n) is 2.90. The molecule has 1 saturated carbocycles. The summed E-state index contributed by atoms with van der Waals surface area (Å²) in [6, 6.07) is 3.94. The van der Waals surface area contributed by atoms with Crippen molar-refractivity contribution in [2.24, 2.45) is 5.92 Å². The number of carbonyl (C=O) groups is 2. The largest absolute Gasteiger partial charge is 0.454 e. The highest BCUT2D eigenvalue weighted by Gasteiger charge is 2.23. The second kappa shape index (κ2) is 8.19. The SMILES string of the molecule is C[C@@H]1CCCC[C@@H]1NC(=O)COC(=O)Cn1nnc(-c2cccs2)n1. The van der Waals surface area contributed by atoms with Gasteiger partial charge in [0.2, 0.25) is 5.82 Å². The molecule has 25 heavy (non-hydrogen) atoms. The van der Waals surface area contributed by atoms with Crippen molar-refractivity contribution in [3.63, 3.8) is 0 Å². The number of hydrogen-bond acceptors (Lipinski definition) is 7. The summed E-state index contributed by atoms with van der Waals surface area (Å²) in [4.78, 5) is 25.8. The zero-order valence-electron chi connectivity index (χ0n) is 14.1. The highest BCUT2D eigenvalue weighted by Crippen LogP contribution is 2.23. The summed E-state index contributed by atoms with van der Waals surface area (Å²) >= 11 is 1.49. The van der Waals surface area contributed by atoms with Crippen molar-refractivity contribution in [1.29, 1.82) is 0 Å². The number of rotatable bonds is 6. The van der Waals surface area contributed by atoms with Gasteiger partial charge in [0.05, 0.1) is 4.88 Å². The molecule has 0 bridgehead atoms. The first-order chi connectivity index (χ1) is 12.1. The molecule has 0 saturated heterocycles. The Morgan fingerprint density at radius 2 is 2.24 bits per heavy atom. The number of nitrogens with one attached hydrogen (secondary N) is 1. The monoisotopic (exact) mass is 363 g/mol. The molecular formula is C16H21N5O3S. The van der Waals surface area contributed by atoms with Crippen LogP contribution in [0.3, 0.4) is 0 Å². The van der Waals surface area contributed by atoms with Gasteiger partial charge in [-0.05, 0) is 35.4 Å². The lowest BCUT2D eigenvalue weighted by Crippen LogP contribution is -2.43. The van der Waals surface area contributed by atoms with Gasteiger partial charge in [0, 0.05) is 6.04 Å². The second-order valence-corrected chi connectivity index (χ2v) is 7.16. The van der Waals surface area contributed by atoms with E-state index in [0.29, 0.717) is 11.7 Å². The molecule has 2 aromatic heterocycles. The van der Waals surface area contributed by atoms with Crippen LogP contribution in [0.1, 0.15) is 32.6 Å². The summed E-state index contributed by atoms with van der Waals surface area (Å²) in [7, 11) is 0. The Kier molecular flexibility index (Phi) is 5.75. The van der Waals surface area contributed by atoms with Gasteiger partial charge in [-0.2, -0.15) is 4.80 Å². The third-order valence-electron chi connectivity index (χ3n) is 4.29. The number of carbonyl (C=O) groups excluding carboxylic acids is 2. The number of hydrogen-bond donors (Lipinski definition) is 1. The van der Waals surface area contributed by atoms with Crippen LogP contribution in [-0.4, -0.2) is 44.7 Å². The van der Waals surface area contributed by atoms with E-state index in [1.54, 1.807) is 0 Å². The van der Waals surface area contributed by atoms with E-state index in [1.165, 1.54) is 22.6 Å². The van der Waals surface area contributed by atoms with Crippen molar-refractivity contribution in [2.75, 3.05) is 6.61 Å². The zero-order chi connectivity index (χ0) is 17.6. The first-order valence-electron chi connectivity index (χ1n) is 8.38. The number of esters is 1. The molecule has 2 atom stereocenters. The quantitative estimate of drug-likeness (QED) is 0.783. The maximum absolute atomic E-state index is 11.9. The average molecular weight is 363 g/mol. The van der Waals surface area contributed by atoms with E-state index in [0.717, 1.165) is 24.1 Å². The molecule has 0 spiro atoms. The summed E-state index contributed by atoms with van der Waals surface area (Å²) in [6.07, 6.45) is 4.44. The Labute approximate surface area is 149 Å². The molecule has 0 radical (unpaired) electrons. The average Bonchev–Trinajstić information content (AvgIpc) is 3.26. The van der Waals surface area contributed by atoms with Crippen LogP contribution in [0.4, 0.5) is 0 Å². The number of nitrogens with zero attached hydrogens (tertiary/aromatic N) is 4. The van der Waals surface area contributed by atoms with Gasteiger partial charge in [0.25, 0.3) is 5.91 Å². The van der Waals surface area contributed by atoms with E-state index in [-0.39, 0.29) is 25.1 Å². The number of thiophene rings is 1. The molecule has 134 valence electrons.